The van der Waals surface area contributed by atoms with Gasteiger partial charge < -0.3 is 11.1 Å². The molecule has 0 saturated carbocycles. The second-order valence-corrected chi connectivity index (χ2v) is 6.00. The van der Waals surface area contributed by atoms with Gasteiger partial charge in [0, 0.05) is 22.7 Å². The summed E-state index contributed by atoms with van der Waals surface area (Å²) in [7, 11) is 0. The number of hydrogen-bond donors (Lipinski definition) is 2. The highest BCUT2D eigenvalue weighted by Crippen LogP contribution is 2.27. The van der Waals surface area contributed by atoms with Gasteiger partial charge in [-0.2, -0.15) is 0 Å². The molecule has 0 fully saturated rings. The molecule has 0 heterocycles. The number of thiocarbonyl (C=S) groups is 1. The molecule has 18 heavy (non-hydrogen) atoms. The van der Waals surface area contributed by atoms with E-state index in [1.807, 2.05) is 18.4 Å². The highest BCUT2D eigenvalue weighted by Gasteiger charge is 2.09. The van der Waals surface area contributed by atoms with Crippen molar-refractivity contribution in [2.75, 3.05) is 18.1 Å². The molecule has 0 aliphatic carbocycles. The Morgan fingerprint density at radius 2 is 2.17 bits per heavy atom. The Kier molecular flexibility index (Phi) is 6.50. The average molecular weight is 282 g/mol. The maximum Gasteiger partial charge on any atom is 0.107 e. The van der Waals surface area contributed by atoms with Crippen LogP contribution < -0.4 is 11.1 Å². The summed E-state index contributed by atoms with van der Waals surface area (Å²) in [6.07, 6.45) is 4.44. The molecule has 0 amide bonds. The Morgan fingerprint density at radius 1 is 1.44 bits per heavy atom. The molecule has 1 aromatic rings. The molecule has 0 aliphatic heterocycles. The summed E-state index contributed by atoms with van der Waals surface area (Å²) < 4.78 is 0. The molecule has 1 rings (SSSR count). The first-order chi connectivity index (χ1) is 8.56. The molecule has 0 unspecified atom stereocenters. The van der Waals surface area contributed by atoms with Gasteiger partial charge in [-0.3, -0.25) is 0 Å². The Hall–Kier alpha value is -0.740. The van der Waals surface area contributed by atoms with E-state index < -0.39 is 0 Å². The van der Waals surface area contributed by atoms with Crippen LogP contribution in [0.15, 0.2) is 23.1 Å². The van der Waals surface area contributed by atoms with Gasteiger partial charge in [-0.25, -0.2) is 0 Å². The van der Waals surface area contributed by atoms with Crippen LogP contribution in [0.5, 0.6) is 0 Å². The van der Waals surface area contributed by atoms with E-state index in [9.17, 15) is 0 Å². The number of anilines is 1. The van der Waals surface area contributed by atoms with Gasteiger partial charge in [0.2, 0.25) is 0 Å². The first kappa shape index (κ1) is 15.3. The largest absolute Gasteiger partial charge is 0.389 e. The van der Waals surface area contributed by atoms with Gasteiger partial charge in [0.1, 0.15) is 4.99 Å². The summed E-state index contributed by atoms with van der Waals surface area (Å²) in [6, 6.07) is 6.14. The molecule has 0 atom stereocenters. The van der Waals surface area contributed by atoms with E-state index in [2.05, 4.69) is 25.2 Å². The summed E-state index contributed by atoms with van der Waals surface area (Å²) in [5, 5.41) is 3.44. The molecule has 0 aliphatic rings. The van der Waals surface area contributed by atoms with Crippen molar-refractivity contribution in [1.82, 2.24) is 0 Å². The first-order valence-corrected chi connectivity index (χ1v) is 7.90. The highest BCUT2D eigenvalue weighted by atomic mass is 32.2. The van der Waals surface area contributed by atoms with Crippen LogP contribution in [-0.2, 0) is 0 Å². The third kappa shape index (κ3) is 4.50. The number of nitrogens with two attached hydrogens (primary N) is 1. The SMILES string of the molecule is CSc1cccc(NCCCC(C)C)c1C(N)=S. The highest BCUT2D eigenvalue weighted by molar-refractivity contribution is 7.98. The molecular formula is C14H22N2S2. The Morgan fingerprint density at radius 3 is 2.72 bits per heavy atom. The lowest BCUT2D eigenvalue weighted by Gasteiger charge is -2.14. The van der Waals surface area contributed by atoms with Crippen LogP contribution in [0.1, 0.15) is 32.3 Å². The van der Waals surface area contributed by atoms with Crippen molar-refractivity contribution < 1.29 is 0 Å². The summed E-state index contributed by atoms with van der Waals surface area (Å²) in [6.45, 7) is 5.45. The maximum atomic E-state index is 5.82. The third-order valence-electron chi connectivity index (χ3n) is 2.77. The molecule has 0 saturated heterocycles. The predicted molar refractivity (Wildman–Crippen MR) is 86.7 cm³/mol. The van der Waals surface area contributed by atoms with Crippen LogP contribution in [0.4, 0.5) is 5.69 Å². The van der Waals surface area contributed by atoms with Crippen molar-refractivity contribution in [2.45, 2.75) is 31.6 Å². The number of nitrogens with one attached hydrogen (secondary N) is 1. The molecule has 0 aromatic heterocycles. The number of rotatable bonds is 7. The van der Waals surface area contributed by atoms with E-state index in [-0.39, 0.29) is 0 Å². The lowest BCUT2D eigenvalue weighted by atomic mass is 10.1. The molecule has 4 heteroatoms. The van der Waals surface area contributed by atoms with Gasteiger partial charge in [-0.15, -0.1) is 11.8 Å². The number of benzene rings is 1. The fourth-order valence-corrected chi connectivity index (χ4v) is 2.76. The van der Waals surface area contributed by atoms with Crippen molar-refractivity contribution >= 4 is 34.7 Å². The van der Waals surface area contributed by atoms with Gasteiger partial charge in [-0.05, 0) is 37.1 Å². The van der Waals surface area contributed by atoms with Gasteiger partial charge in [0.25, 0.3) is 0 Å². The molecule has 2 nitrogen and oxygen atoms in total. The fourth-order valence-electron chi connectivity index (χ4n) is 1.84. The quantitative estimate of drug-likeness (QED) is 0.452. The lowest BCUT2D eigenvalue weighted by molar-refractivity contribution is 0.567. The Bertz CT molecular complexity index is 403. The number of hydrogen-bond acceptors (Lipinski definition) is 3. The molecule has 0 bridgehead atoms. The summed E-state index contributed by atoms with van der Waals surface area (Å²) in [4.78, 5) is 1.60. The predicted octanol–water partition coefficient (Wildman–Crippen LogP) is 3.89. The minimum absolute atomic E-state index is 0.464. The van der Waals surface area contributed by atoms with Gasteiger partial charge in [0.15, 0.2) is 0 Å². The molecular weight excluding hydrogens is 260 g/mol. The Balaban J connectivity index is 2.72. The summed E-state index contributed by atoms with van der Waals surface area (Å²) in [5.41, 5.74) is 7.85. The van der Waals surface area contributed by atoms with E-state index in [0.717, 1.165) is 35.0 Å². The van der Waals surface area contributed by atoms with Crippen LogP contribution in [0.2, 0.25) is 0 Å². The molecule has 100 valence electrons. The zero-order chi connectivity index (χ0) is 13.5. The standard InChI is InChI=1S/C14H22N2S2/c1-10(2)6-5-9-16-11-7-4-8-12(18-3)13(11)14(15)17/h4,7-8,10,16H,5-6,9H2,1-3H3,(H2,15,17). The lowest BCUT2D eigenvalue weighted by Crippen LogP contribution is -2.15. The van der Waals surface area contributed by atoms with Gasteiger partial charge in [0.05, 0.1) is 0 Å². The zero-order valence-corrected chi connectivity index (χ0v) is 13.0. The fraction of sp³-hybridized carbons (Fsp3) is 0.500. The van der Waals surface area contributed by atoms with Gasteiger partial charge in [-0.1, -0.05) is 32.1 Å². The zero-order valence-electron chi connectivity index (χ0n) is 11.3. The summed E-state index contributed by atoms with van der Waals surface area (Å²) in [5.74, 6) is 0.749. The monoisotopic (exact) mass is 282 g/mol. The van der Waals surface area contributed by atoms with Crippen LogP contribution >= 0.6 is 24.0 Å². The topological polar surface area (TPSA) is 38.0 Å². The molecule has 0 radical (unpaired) electrons. The van der Waals surface area contributed by atoms with Gasteiger partial charge >= 0.3 is 0 Å². The normalized spacial score (nSPS) is 10.7. The second kappa shape index (κ2) is 7.64. The first-order valence-electron chi connectivity index (χ1n) is 6.27. The van der Waals surface area contributed by atoms with Crippen LogP contribution in [0.3, 0.4) is 0 Å². The van der Waals surface area contributed by atoms with Crippen molar-refractivity contribution in [3.05, 3.63) is 23.8 Å². The smallest absolute Gasteiger partial charge is 0.107 e. The minimum atomic E-state index is 0.464. The number of thioether (sulfide) groups is 1. The molecule has 3 N–H and O–H groups in total. The summed E-state index contributed by atoms with van der Waals surface area (Å²) >= 11 is 6.82. The third-order valence-corrected chi connectivity index (χ3v) is 3.75. The molecule has 1 aromatic carbocycles. The molecule has 0 spiro atoms. The van der Waals surface area contributed by atoms with Crippen LogP contribution in [-0.4, -0.2) is 17.8 Å². The van der Waals surface area contributed by atoms with E-state index in [4.69, 9.17) is 18.0 Å². The van der Waals surface area contributed by atoms with Crippen molar-refractivity contribution in [2.24, 2.45) is 11.7 Å². The van der Waals surface area contributed by atoms with E-state index >= 15 is 0 Å². The Labute approximate surface area is 120 Å². The van der Waals surface area contributed by atoms with E-state index in [0.29, 0.717) is 4.99 Å². The van der Waals surface area contributed by atoms with E-state index in [1.54, 1.807) is 11.8 Å². The van der Waals surface area contributed by atoms with Crippen molar-refractivity contribution in [3.63, 3.8) is 0 Å². The van der Waals surface area contributed by atoms with Crippen LogP contribution in [0, 0.1) is 5.92 Å². The van der Waals surface area contributed by atoms with E-state index in [1.165, 1.54) is 6.42 Å². The maximum absolute atomic E-state index is 5.82. The second-order valence-electron chi connectivity index (χ2n) is 4.71. The van der Waals surface area contributed by atoms with Crippen molar-refractivity contribution in [3.8, 4) is 0 Å². The van der Waals surface area contributed by atoms with Crippen molar-refractivity contribution in [1.29, 1.82) is 0 Å². The van der Waals surface area contributed by atoms with Crippen LogP contribution in [0.25, 0.3) is 0 Å². The minimum Gasteiger partial charge on any atom is -0.389 e. The average Bonchev–Trinajstić information content (AvgIpc) is 2.33.